The number of alkyl halides is 1. The van der Waals surface area contributed by atoms with Gasteiger partial charge in [0, 0.05) is 0 Å². The second-order valence-corrected chi connectivity index (χ2v) is 2.41. The van der Waals surface area contributed by atoms with Crippen LogP contribution in [0.3, 0.4) is 0 Å². The fourth-order valence-electron chi connectivity index (χ4n) is 0.791. The highest BCUT2D eigenvalue weighted by atomic mass is 19.1. The third-order valence-electron chi connectivity index (χ3n) is 1.39. The van der Waals surface area contributed by atoms with Crippen LogP contribution in [0, 0.1) is 11.3 Å². The van der Waals surface area contributed by atoms with Crippen LogP contribution in [-0.2, 0) is 0 Å². The molecule has 13 heavy (non-hydrogen) atoms. The molecule has 2 nitrogen and oxygen atoms in total. The van der Waals surface area contributed by atoms with Gasteiger partial charge in [-0.15, -0.1) is 0 Å². The Hall–Kier alpha value is -1.82. The summed E-state index contributed by atoms with van der Waals surface area (Å²) in [6.45, 7) is 2.64. The van der Waals surface area contributed by atoms with Gasteiger partial charge < -0.3 is 4.74 Å². The standard InChI is InChI=1S/C10H8FNO/c1-8(6-11)13-10-4-2-9(7-12)3-5-10/h2-5H,1,6H2. The summed E-state index contributed by atoms with van der Waals surface area (Å²) in [6, 6.07) is 8.36. The van der Waals surface area contributed by atoms with Crippen LogP contribution in [0.15, 0.2) is 36.6 Å². The van der Waals surface area contributed by atoms with Crippen molar-refractivity contribution in [2.75, 3.05) is 6.67 Å². The van der Waals surface area contributed by atoms with Gasteiger partial charge in [-0.25, -0.2) is 4.39 Å². The Morgan fingerprint density at radius 2 is 2.08 bits per heavy atom. The van der Waals surface area contributed by atoms with Crippen molar-refractivity contribution in [2.24, 2.45) is 0 Å². The molecule has 1 aromatic rings. The van der Waals surface area contributed by atoms with Crippen LogP contribution >= 0.6 is 0 Å². The molecule has 0 saturated carbocycles. The van der Waals surface area contributed by atoms with E-state index in [0.29, 0.717) is 11.3 Å². The van der Waals surface area contributed by atoms with E-state index in [9.17, 15) is 4.39 Å². The molecular formula is C10H8FNO. The number of nitrogens with zero attached hydrogens (tertiary/aromatic N) is 1. The monoisotopic (exact) mass is 177 g/mol. The first-order valence-electron chi connectivity index (χ1n) is 3.68. The first-order chi connectivity index (χ1) is 6.26. The molecule has 0 spiro atoms. The molecule has 0 N–H and O–H groups in total. The van der Waals surface area contributed by atoms with Crippen molar-refractivity contribution >= 4 is 0 Å². The highest BCUT2D eigenvalue weighted by Gasteiger charge is 1.97. The summed E-state index contributed by atoms with van der Waals surface area (Å²) in [6.07, 6.45) is 0. The molecule has 3 heteroatoms. The molecule has 0 saturated heterocycles. The Morgan fingerprint density at radius 1 is 1.46 bits per heavy atom. The van der Waals surface area contributed by atoms with Crippen molar-refractivity contribution in [3.63, 3.8) is 0 Å². The lowest BCUT2D eigenvalue weighted by molar-refractivity contribution is 0.361. The van der Waals surface area contributed by atoms with Gasteiger partial charge in [-0.3, -0.25) is 0 Å². The molecule has 1 aromatic carbocycles. The minimum atomic E-state index is -0.708. The van der Waals surface area contributed by atoms with E-state index in [4.69, 9.17) is 10.00 Å². The van der Waals surface area contributed by atoms with E-state index in [0.717, 1.165) is 0 Å². The highest BCUT2D eigenvalue weighted by Crippen LogP contribution is 2.14. The number of ether oxygens (including phenoxy) is 1. The molecule has 0 radical (unpaired) electrons. The Balaban J connectivity index is 2.71. The third-order valence-corrected chi connectivity index (χ3v) is 1.39. The smallest absolute Gasteiger partial charge is 0.147 e. The molecule has 0 amide bonds. The first kappa shape index (κ1) is 9.27. The Labute approximate surface area is 75.9 Å². The number of halogens is 1. The zero-order valence-corrected chi connectivity index (χ0v) is 6.96. The summed E-state index contributed by atoms with van der Waals surface area (Å²) in [4.78, 5) is 0. The van der Waals surface area contributed by atoms with Crippen LogP contribution < -0.4 is 4.74 Å². The Kier molecular flexibility index (Phi) is 3.04. The number of hydrogen-bond acceptors (Lipinski definition) is 2. The maximum Gasteiger partial charge on any atom is 0.147 e. The largest absolute Gasteiger partial charge is 0.460 e. The van der Waals surface area contributed by atoms with E-state index >= 15 is 0 Å². The van der Waals surface area contributed by atoms with Crippen LogP contribution in [-0.4, -0.2) is 6.67 Å². The molecule has 0 aromatic heterocycles. The highest BCUT2D eigenvalue weighted by molar-refractivity contribution is 5.35. The average Bonchev–Trinajstić information content (AvgIpc) is 2.19. The van der Waals surface area contributed by atoms with Crippen molar-refractivity contribution < 1.29 is 9.13 Å². The summed E-state index contributed by atoms with van der Waals surface area (Å²) >= 11 is 0. The summed E-state index contributed by atoms with van der Waals surface area (Å²) < 4.78 is 16.9. The van der Waals surface area contributed by atoms with Gasteiger partial charge in [0.15, 0.2) is 0 Å². The van der Waals surface area contributed by atoms with Gasteiger partial charge in [-0.1, -0.05) is 6.58 Å². The lowest BCUT2D eigenvalue weighted by atomic mass is 10.2. The van der Waals surface area contributed by atoms with Crippen LogP contribution in [0.2, 0.25) is 0 Å². The first-order valence-corrected chi connectivity index (χ1v) is 3.68. The van der Waals surface area contributed by atoms with Gasteiger partial charge in [-0.2, -0.15) is 5.26 Å². The average molecular weight is 177 g/mol. The topological polar surface area (TPSA) is 33.0 Å². The summed E-state index contributed by atoms with van der Waals surface area (Å²) in [7, 11) is 0. The molecule has 66 valence electrons. The summed E-state index contributed by atoms with van der Waals surface area (Å²) in [5, 5.41) is 8.49. The Morgan fingerprint density at radius 3 is 2.54 bits per heavy atom. The van der Waals surface area contributed by atoms with Gasteiger partial charge in [0.1, 0.15) is 18.2 Å². The molecule has 0 aliphatic rings. The minimum absolute atomic E-state index is 0.0599. The number of rotatable bonds is 3. The number of allylic oxidation sites excluding steroid dienone is 1. The van der Waals surface area contributed by atoms with Crippen molar-refractivity contribution in [3.8, 4) is 11.8 Å². The summed E-state index contributed by atoms with van der Waals surface area (Å²) in [5.74, 6) is 0.548. The van der Waals surface area contributed by atoms with Gasteiger partial charge in [0.25, 0.3) is 0 Å². The number of benzene rings is 1. The van der Waals surface area contributed by atoms with E-state index in [1.165, 1.54) is 0 Å². The zero-order valence-electron chi connectivity index (χ0n) is 6.96. The molecule has 0 aliphatic carbocycles. The fraction of sp³-hybridized carbons (Fsp3) is 0.100. The Bertz CT molecular complexity index is 337. The predicted octanol–water partition coefficient (Wildman–Crippen LogP) is 2.42. The second kappa shape index (κ2) is 4.27. The second-order valence-electron chi connectivity index (χ2n) is 2.41. The minimum Gasteiger partial charge on any atom is -0.460 e. The normalized spacial score (nSPS) is 8.92. The molecule has 0 bridgehead atoms. The van der Waals surface area contributed by atoms with Crippen LogP contribution in [0.4, 0.5) is 4.39 Å². The van der Waals surface area contributed by atoms with E-state index in [1.54, 1.807) is 24.3 Å². The molecule has 0 unspecified atom stereocenters. The van der Waals surface area contributed by atoms with Crippen molar-refractivity contribution in [2.45, 2.75) is 0 Å². The number of nitriles is 1. The third kappa shape index (κ3) is 2.60. The van der Waals surface area contributed by atoms with Gasteiger partial charge >= 0.3 is 0 Å². The fourth-order valence-corrected chi connectivity index (χ4v) is 0.791. The van der Waals surface area contributed by atoms with Crippen molar-refractivity contribution in [3.05, 3.63) is 42.2 Å². The SMILES string of the molecule is C=C(CF)Oc1ccc(C#N)cc1. The summed E-state index contributed by atoms with van der Waals surface area (Å²) in [5.41, 5.74) is 0.540. The van der Waals surface area contributed by atoms with Gasteiger partial charge in [-0.05, 0) is 24.3 Å². The number of hydrogen-bond donors (Lipinski definition) is 0. The van der Waals surface area contributed by atoms with E-state index in [1.807, 2.05) is 6.07 Å². The maximum atomic E-state index is 11.9. The molecule has 1 rings (SSSR count). The van der Waals surface area contributed by atoms with Crippen LogP contribution in [0.1, 0.15) is 5.56 Å². The van der Waals surface area contributed by atoms with Crippen LogP contribution in [0.5, 0.6) is 5.75 Å². The molecule has 0 heterocycles. The lowest BCUT2D eigenvalue weighted by Crippen LogP contribution is -1.94. The van der Waals surface area contributed by atoms with E-state index in [-0.39, 0.29) is 5.76 Å². The van der Waals surface area contributed by atoms with Gasteiger partial charge in [0.2, 0.25) is 0 Å². The molecule has 0 fully saturated rings. The predicted molar refractivity (Wildman–Crippen MR) is 46.9 cm³/mol. The maximum absolute atomic E-state index is 11.9. The van der Waals surface area contributed by atoms with Crippen molar-refractivity contribution in [1.29, 1.82) is 5.26 Å². The molecule has 0 atom stereocenters. The van der Waals surface area contributed by atoms with Crippen LogP contribution in [0.25, 0.3) is 0 Å². The van der Waals surface area contributed by atoms with Gasteiger partial charge in [0.05, 0.1) is 11.6 Å². The zero-order chi connectivity index (χ0) is 9.68. The van der Waals surface area contributed by atoms with E-state index < -0.39 is 6.67 Å². The molecular weight excluding hydrogens is 169 g/mol. The van der Waals surface area contributed by atoms with Crippen molar-refractivity contribution in [1.82, 2.24) is 0 Å². The molecule has 0 aliphatic heterocycles. The quantitative estimate of drug-likeness (QED) is 0.664. The van der Waals surface area contributed by atoms with E-state index in [2.05, 4.69) is 6.58 Å². The lowest BCUT2D eigenvalue weighted by Gasteiger charge is -2.04.